The molecule has 0 fully saturated rings. The van der Waals surface area contributed by atoms with Gasteiger partial charge in [-0.15, -0.1) is 17.9 Å². The number of allylic oxidation sites excluding steroid dienone is 1. The van der Waals surface area contributed by atoms with Gasteiger partial charge < -0.3 is 4.90 Å². The lowest BCUT2D eigenvalue weighted by Gasteiger charge is -2.16. The number of hydrogen-bond donors (Lipinski definition) is 0. The van der Waals surface area contributed by atoms with Crippen molar-refractivity contribution in [2.75, 3.05) is 5.75 Å². The second-order valence-corrected chi connectivity index (χ2v) is 9.82. The molecule has 3 heterocycles. The number of amides is 1. The molecule has 1 amide bonds. The number of hydrogen-bond acceptors (Lipinski definition) is 5. The highest BCUT2D eigenvalue weighted by Crippen LogP contribution is 2.35. The van der Waals surface area contributed by atoms with Gasteiger partial charge >= 0.3 is 0 Å². The van der Waals surface area contributed by atoms with Gasteiger partial charge in [0.25, 0.3) is 5.56 Å². The van der Waals surface area contributed by atoms with Crippen LogP contribution in [0.1, 0.15) is 34.4 Å². The summed E-state index contributed by atoms with van der Waals surface area (Å²) in [6.07, 6.45) is 6.02. The topological polar surface area (TPSA) is 55.2 Å². The summed E-state index contributed by atoms with van der Waals surface area (Å²) < 4.78 is 1.67. The quantitative estimate of drug-likeness (QED) is 0.342. The lowest BCUT2D eigenvalue weighted by atomic mass is 9.97. The number of carbonyl (C=O) groups is 1. The number of fused-ring (bicyclic) bond motifs is 4. The molecule has 3 aromatic rings. The van der Waals surface area contributed by atoms with Gasteiger partial charge in [-0.3, -0.25) is 14.2 Å². The van der Waals surface area contributed by atoms with Crippen molar-refractivity contribution in [2.45, 2.75) is 50.5 Å². The third-order valence-electron chi connectivity index (χ3n) is 5.87. The van der Waals surface area contributed by atoms with Crippen molar-refractivity contribution in [3.8, 4) is 0 Å². The minimum absolute atomic E-state index is 0.00262. The Morgan fingerprint density at radius 3 is 2.67 bits per heavy atom. The molecule has 5 nitrogen and oxygen atoms in total. The third kappa shape index (κ3) is 3.40. The van der Waals surface area contributed by atoms with Gasteiger partial charge in [-0.1, -0.05) is 42.1 Å². The molecule has 1 aliphatic heterocycles. The minimum Gasteiger partial charge on any atom is -0.333 e. The smallest absolute Gasteiger partial charge is 0.263 e. The van der Waals surface area contributed by atoms with E-state index < -0.39 is 0 Å². The summed E-state index contributed by atoms with van der Waals surface area (Å²) in [5.41, 5.74) is 3.62. The molecule has 0 bridgehead atoms. The van der Waals surface area contributed by atoms with E-state index in [0.717, 1.165) is 29.5 Å². The second kappa shape index (κ2) is 8.04. The first-order valence-corrected chi connectivity index (χ1v) is 12.1. The molecular formula is C23H23N3O2S2. The van der Waals surface area contributed by atoms with Crippen LogP contribution in [0.15, 0.2) is 46.9 Å². The van der Waals surface area contributed by atoms with E-state index in [2.05, 4.69) is 18.7 Å². The van der Waals surface area contributed by atoms with Gasteiger partial charge in [-0.2, -0.15) is 0 Å². The fourth-order valence-corrected chi connectivity index (χ4v) is 6.56. The summed E-state index contributed by atoms with van der Waals surface area (Å²) in [6.45, 7) is 5.51. The van der Waals surface area contributed by atoms with Crippen molar-refractivity contribution >= 4 is 39.2 Å². The molecule has 154 valence electrons. The Morgan fingerprint density at radius 2 is 1.93 bits per heavy atom. The Bertz CT molecular complexity index is 1190. The SMILES string of the molecule is C=CCn1c(SCC(=O)N2Cc3ccccc3C2)nc2sc3c(c2c1=O)CCCC3. The van der Waals surface area contributed by atoms with Crippen LogP contribution < -0.4 is 5.56 Å². The van der Waals surface area contributed by atoms with Crippen molar-refractivity contribution in [1.29, 1.82) is 0 Å². The summed E-state index contributed by atoms with van der Waals surface area (Å²) in [5, 5.41) is 1.39. The molecule has 0 saturated carbocycles. The Hall–Kier alpha value is -2.38. The zero-order valence-electron chi connectivity index (χ0n) is 16.7. The second-order valence-electron chi connectivity index (χ2n) is 7.80. The molecule has 0 unspecified atom stereocenters. The number of thiophene rings is 1. The highest BCUT2D eigenvalue weighted by molar-refractivity contribution is 7.99. The van der Waals surface area contributed by atoms with Crippen molar-refractivity contribution in [3.63, 3.8) is 0 Å². The molecule has 7 heteroatoms. The Kier molecular flexibility index (Phi) is 5.25. The fourth-order valence-electron chi connectivity index (χ4n) is 4.35. The number of aromatic nitrogens is 2. The first-order valence-electron chi connectivity index (χ1n) is 10.3. The van der Waals surface area contributed by atoms with E-state index in [0.29, 0.717) is 24.8 Å². The van der Waals surface area contributed by atoms with Crippen LogP contribution in [0.25, 0.3) is 10.2 Å². The number of nitrogens with zero attached hydrogens (tertiary/aromatic N) is 3. The highest BCUT2D eigenvalue weighted by Gasteiger charge is 2.25. The Morgan fingerprint density at radius 1 is 1.20 bits per heavy atom. The fraction of sp³-hybridized carbons (Fsp3) is 0.348. The van der Waals surface area contributed by atoms with Crippen LogP contribution in [0, 0.1) is 0 Å². The minimum atomic E-state index is 0.00262. The summed E-state index contributed by atoms with van der Waals surface area (Å²) in [4.78, 5) is 34.9. The lowest BCUT2D eigenvalue weighted by Crippen LogP contribution is -2.28. The molecule has 1 aromatic carbocycles. The molecule has 0 N–H and O–H groups in total. The molecule has 0 saturated heterocycles. The monoisotopic (exact) mass is 437 g/mol. The van der Waals surface area contributed by atoms with Crippen molar-refractivity contribution in [2.24, 2.45) is 0 Å². The van der Waals surface area contributed by atoms with Crippen LogP contribution in [0.5, 0.6) is 0 Å². The van der Waals surface area contributed by atoms with E-state index >= 15 is 0 Å². The van der Waals surface area contributed by atoms with Gasteiger partial charge in [0.2, 0.25) is 5.91 Å². The standard InChI is InChI=1S/C23H23N3O2S2/c1-2-11-26-22(28)20-17-9-5-6-10-18(17)30-21(20)24-23(26)29-14-19(27)25-12-15-7-3-4-8-16(15)13-25/h2-4,7-8H,1,5-6,9-14H2. The maximum Gasteiger partial charge on any atom is 0.263 e. The predicted octanol–water partition coefficient (Wildman–Crippen LogP) is 4.16. The van der Waals surface area contributed by atoms with Crippen molar-refractivity contribution in [1.82, 2.24) is 14.5 Å². The average Bonchev–Trinajstić information content (AvgIpc) is 3.35. The highest BCUT2D eigenvalue weighted by atomic mass is 32.2. The maximum absolute atomic E-state index is 13.3. The van der Waals surface area contributed by atoms with Crippen LogP contribution in [0.4, 0.5) is 0 Å². The van der Waals surface area contributed by atoms with E-state index in [1.54, 1.807) is 22.0 Å². The normalized spacial score (nSPS) is 15.3. The molecule has 0 radical (unpaired) electrons. The van der Waals surface area contributed by atoms with E-state index in [9.17, 15) is 9.59 Å². The average molecular weight is 438 g/mol. The van der Waals surface area contributed by atoms with Gasteiger partial charge in [0, 0.05) is 24.5 Å². The largest absolute Gasteiger partial charge is 0.333 e. The molecule has 5 rings (SSSR count). The molecule has 2 aliphatic rings. The number of thioether (sulfide) groups is 1. The first-order chi connectivity index (χ1) is 14.7. The number of aryl methyl sites for hydroxylation is 2. The number of benzene rings is 1. The zero-order chi connectivity index (χ0) is 20.7. The Labute approximate surface area is 183 Å². The first kappa shape index (κ1) is 19.6. The third-order valence-corrected chi connectivity index (χ3v) is 8.02. The molecule has 30 heavy (non-hydrogen) atoms. The van der Waals surface area contributed by atoms with E-state index in [-0.39, 0.29) is 17.2 Å². The Balaban J connectivity index is 1.41. The summed E-state index contributed by atoms with van der Waals surface area (Å²) in [7, 11) is 0. The van der Waals surface area contributed by atoms with Crippen LogP contribution in [0.3, 0.4) is 0 Å². The van der Waals surface area contributed by atoms with Crippen LogP contribution in [-0.4, -0.2) is 26.1 Å². The summed E-state index contributed by atoms with van der Waals surface area (Å²) >= 11 is 3.00. The van der Waals surface area contributed by atoms with Gasteiger partial charge in [0.15, 0.2) is 5.16 Å². The predicted molar refractivity (Wildman–Crippen MR) is 122 cm³/mol. The summed E-state index contributed by atoms with van der Waals surface area (Å²) in [5.74, 6) is 0.343. The van der Waals surface area contributed by atoms with Gasteiger partial charge in [-0.25, -0.2) is 4.98 Å². The molecular weight excluding hydrogens is 414 g/mol. The maximum atomic E-state index is 13.3. The molecule has 0 atom stereocenters. The van der Waals surface area contributed by atoms with E-state index in [1.165, 1.54) is 39.8 Å². The van der Waals surface area contributed by atoms with Gasteiger partial charge in [0.1, 0.15) is 4.83 Å². The number of carbonyl (C=O) groups excluding carboxylic acids is 1. The van der Waals surface area contributed by atoms with Gasteiger partial charge in [0.05, 0.1) is 11.1 Å². The number of rotatable bonds is 5. The van der Waals surface area contributed by atoms with Crippen LogP contribution in [-0.2, 0) is 37.3 Å². The molecule has 0 spiro atoms. The lowest BCUT2D eigenvalue weighted by molar-refractivity contribution is -0.128. The van der Waals surface area contributed by atoms with E-state index in [4.69, 9.17) is 4.98 Å². The van der Waals surface area contributed by atoms with Crippen LogP contribution in [0.2, 0.25) is 0 Å². The van der Waals surface area contributed by atoms with Gasteiger partial charge in [-0.05, 0) is 42.4 Å². The van der Waals surface area contributed by atoms with E-state index in [1.807, 2.05) is 17.0 Å². The molecule has 1 aliphatic carbocycles. The summed E-state index contributed by atoms with van der Waals surface area (Å²) in [6, 6.07) is 8.17. The van der Waals surface area contributed by atoms with Crippen molar-refractivity contribution in [3.05, 3.63) is 68.8 Å². The van der Waals surface area contributed by atoms with Crippen LogP contribution >= 0.6 is 23.1 Å². The zero-order valence-corrected chi connectivity index (χ0v) is 18.4. The van der Waals surface area contributed by atoms with Crippen molar-refractivity contribution < 1.29 is 4.79 Å². The molecule has 2 aromatic heterocycles.